The van der Waals surface area contributed by atoms with E-state index in [1.165, 1.54) is 7.11 Å². The summed E-state index contributed by atoms with van der Waals surface area (Å²) in [5.74, 6) is 0.541. The van der Waals surface area contributed by atoms with Crippen LogP contribution in [0.2, 0.25) is 0 Å². The fourth-order valence-corrected chi connectivity index (χ4v) is 3.00. The van der Waals surface area contributed by atoms with E-state index in [4.69, 9.17) is 4.74 Å². The summed E-state index contributed by atoms with van der Waals surface area (Å²) in [5, 5.41) is 0. The van der Waals surface area contributed by atoms with Gasteiger partial charge in [0.1, 0.15) is 5.78 Å². The molecule has 0 spiro atoms. The van der Waals surface area contributed by atoms with E-state index in [1.807, 2.05) is 6.92 Å². The average Bonchev–Trinajstić information content (AvgIpc) is 2.19. The minimum atomic E-state index is -0.397. The van der Waals surface area contributed by atoms with Gasteiger partial charge in [-0.2, -0.15) is 0 Å². The summed E-state index contributed by atoms with van der Waals surface area (Å²) in [6.07, 6.45) is 3.25. The van der Waals surface area contributed by atoms with Crippen molar-refractivity contribution in [3.8, 4) is 0 Å². The number of hydrogen-bond acceptors (Lipinski definition) is 3. The third-order valence-electron chi connectivity index (χ3n) is 3.99. The molecule has 0 aromatic rings. The number of Topliss-reactive ketones (excluding diaryl/α,β-unsaturated/α-hetero) is 1. The summed E-state index contributed by atoms with van der Waals surface area (Å²) in [6.45, 7) is 1.95. The summed E-state index contributed by atoms with van der Waals surface area (Å²) < 4.78 is 4.83. The first-order valence-electron chi connectivity index (χ1n) is 5.19. The first-order valence-corrected chi connectivity index (χ1v) is 5.19. The van der Waals surface area contributed by atoms with E-state index in [2.05, 4.69) is 0 Å². The number of fused-ring (bicyclic) bond motifs is 3. The molecule has 0 aromatic carbocycles. The molecule has 0 aliphatic heterocycles. The highest BCUT2D eigenvalue weighted by atomic mass is 16.5. The Hall–Kier alpha value is -0.860. The smallest absolute Gasteiger partial charge is 0.311 e. The van der Waals surface area contributed by atoms with Crippen molar-refractivity contribution in [1.29, 1.82) is 0 Å². The summed E-state index contributed by atoms with van der Waals surface area (Å²) in [6, 6.07) is 0. The highest BCUT2D eigenvalue weighted by Crippen LogP contribution is 2.51. The van der Waals surface area contributed by atoms with Gasteiger partial charge in [-0.25, -0.2) is 0 Å². The maximum Gasteiger partial charge on any atom is 0.311 e. The van der Waals surface area contributed by atoms with Gasteiger partial charge in [0.05, 0.1) is 12.5 Å². The van der Waals surface area contributed by atoms with Gasteiger partial charge >= 0.3 is 5.97 Å². The summed E-state index contributed by atoms with van der Waals surface area (Å²) in [7, 11) is 1.43. The van der Waals surface area contributed by atoms with E-state index < -0.39 is 5.41 Å². The van der Waals surface area contributed by atoms with Gasteiger partial charge in [-0.1, -0.05) is 0 Å². The molecular formula is C11H16O3. The number of hydrogen-bond donors (Lipinski definition) is 0. The molecule has 3 nitrogen and oxygen atoms in total. The third-order valence-corrected chi connectivity index (χ3v) is 3.99. The number of carbonyl (C=O) groups excluding carboxylic acids is 2. The Balaban J connectivity index is 2.24. The van der Waals surface area contributed by atoms with Crippen molar-refractivity contribution < 1.29 is 14.3 Å². The minimum absolute atomic E-state index is 0.115. The lowest BCUT2D eigenvalue weighted by Gasteiger charge is -2.46. The fourth-order valence-electron chi connectivity index (χ4n) is 3.00. The first-order chi connectivity index (χ1) is 6.58. The predicted molar refractivity (Wildman–Crippen MR) is 50.6 cm³/mol. The second kappa shape index (κ2) is 3.07. The predicted octanol–water partition coefficient (Wildman–Crippen LogP) is 1.55. The van der Waals surface area contributed by atoms with Crippen molar-refractivity contribution in [2.24, 2.45) is 17.3 Å². The lowest BCUT2D eigenvalue weighted by molar-refractivity contribution is -0.164. The molecule has 0 aromatic heterocycles. The Morgan fingerprint density at radius 1 is 1.50 bits per heavy atom. The van der Waals surface area contributed by atoms with Gasteiger partial charge in [0.25, 0.3) is 0 Å². The number of esters is 1. The minimum Gasteiger partial charge on any atom is -0.469 e. The van der Waals surface area contributed by atoms with Crippen molar-refractivity contribution in [3.63, 3.8) is 0 Å². The molecule has 3 fully saturated rings. The van der Waals surface area contributed by atoms with E-state index >= 15 is 0 Å². The Kier molecular flexibility index (Phi) is 2.13. The average molecular weight is 196 g/mol. The Labute approximate surface area is 83.8 Å². The van der Waals surface area contributed by atoms with Crippen molar-refractivity contribution in [2.45, 2.75) is 32.6 Å². The largest absolute Gasteiger partial charge is 0.469 e. The quantitative estimate of drug-likeness (QED) is 0.598. The van der Waals surface area contributed by atoms with Crippen LogP contribution in [0.25, 0.3) is 0 Å². The van der Waals surface area contributed by atoms with Crippen LogP contribution in [0, 0.1) is 17.3 Å². The van der Waals surface area contributed by atoms with Crippen LogP contribution in [0.5, 0.6) is 0 Å². The molecular weight excluding hydrogens is 180 g/mol. The van der Waals surface area contributed by atoms with Gasteiger partial charge in [0, 0.05) is 12.3 Å². The van der Waals surface area contributed by atoms with E-state index in [9.17, 15) is 9.59 Å². The molecule has 78 valence electrons. The summed E-state index contributed by atoms with van der Waals surface area (Å²) in [5.41, 5.74) is -0.397. The van der Waals surface area contributed by atoms with Crippen LogP contribution in [0.15, 0.2) is 0 Å². The van der Waals surface area contributed by atoms with Gasteiger partial charge < -0.3 is 4.74 Å². The second-order valence-corrected chi connectivity index (χ2v) is 4.75. The van der Waals surface area contributed by atoms with Gasteiger partial charge in [-0.3, -0.25) is 9.59 Å². The number of carbonyl (C=O) groups is 2. The zero-order valence-electron chi connectivity index (χ0n) is 8.71. The maximum atomic E-state index is 11.7. The molecule has 3 heteroatoms. The highest BCUT2D eigenvalue weighted by molar-refractivity contribution is 5.87. The number of methoxy groups -OCH3 is 1. The van der Waals surface area contributed by atoms with Gasteiger partial charge in [0.15, 0.2) is 0 Å². The lowest BCUT2D eigenvalue weighted by Crippen LogP contribution is -2.49. The lowest BCUT2D eigenvalue weighted by atomic mass is 9.56. The number of ketones is 1. The molecule has 3 aliphatic carbocycles. The summed E-state index contributed by atoms with van der Waals surface area (Å²) >= 11 is 0. The molecule has 3 unspecified atom stereocenters. The molecule has 0 N–H and O–H groups in total. The van der Waals surface area contributed by atoms with E-state index in [-0.39, 0.29) is 17.8 Å². The van der Waals surface area contributed by atoms with Gasteiger partial charge in [-0.15, -0.1) is 0 Å². The van der Waals surface area contributed by atoms with Gasteiger partial charge in [0.2, 0.25) is 0 Å². The molecule has 3 saturated carbocycles. The zero-order valence-corrected chi connectivity index (χ0v) is 8.71. The fraction of sp³-hybridized carbons (Fsp3) is 0.818. The van der Waals surface area contributed by atoms with E-state index in [0.29, 0.717) is 18.6 Å². The molecule has 14 heavy (non-hydrogen) atoms. The van der Waals surface area contributed by atoms with Crippen molar-refractivity contribution >= 4 is 11.8 Å². The van der Waals surface area contributed by atoms with Crippen molar-refractivity contribution in [2.75, 3.05) is 7.11 Å². The molecule has 3 atom stereocenters. The standard InChI is InChI=1S/C11H16O3/c1-11(10(13)14-2)6-7-3-4-8(11)5-9(7)12/h7-8H,3-6H2,1-2H3. The Morgan fingerprint density at radius 2 is 2.21 bits per heavy atom. The van der Waals surface area contributed by atoms with E-state index in [1.54, 1.807) is 0 Å². The monoisotopic (exact) mass is 196 g/mol. The molecule has 3 aliphatic rings. The van der Waals surface area contributed by atoms with Crippen LogP contribution in [-0.2, 0) is 14.3 Å². The van der Waals surface area contributed by atoms with Crippen LogP contribution in [0.1, 0.15) is 32.6 Å². The first kappa shape index (κ1) is 9.69. The third kappa shape index (κ3) is 1.18. The second-order valence-electron chi connectivity index (χ2n) is 4.75. The number of ether oxygens (including phenoxy) is 1. The Morgan fingerprint density at radius 3 is 2.64 bits per heavy atom. The number of rotatable bonds is 1. The zero-order chi connectivity index (χ0) is 10.3. The van der Waals surface area contributed by atoms with Crippen molar-refractivity contribution in [3.05, 3.63) is 0 Å². The van der Waals surface area contributed by atoms with Crippen LogP contribution in [0.4, 0.5) is 0 Å². The topological polar surface area (TPSA) is 43.4 Å². The van der Waals surface area contributed by atoms with Crippen LogP contribution in [0.3, 0.4) is 0 Å². The molecule has 3 rings (SSSR count). The molecule has 0 radical (unpaired) electrons. The molecule has 2 bridgehead atoms. The summed E-state index contributed by atoms with van der Waals surface area (Å²) in [4.78, 5) is 23.2. The van der Waals surface area contributed by atoms with E-state index in [0.717, 1.165) is 12.8 Å². The van der Waals surface area contributed by atoms with Crippen LogP contribution in [-0.4, -0.2) is 18.9 Å². The van der Waals surface area contributed by atoms with Gasteiger partial charge in [-0.05, 0) is 32.1 Å². The molecule has 0 amide bonds. The Bertz CT molecular complexity index is 284. The van der Waals surface area contributed by atoms with Crippen LogP contribution >= 0.6 is 0 Å². The highest BCUT2D eigenvalue weighted by Gasteiger charge is 2.52. The van der Waals surface area contributed by atoms with Crippen LogP contribution < -0.4 is 0 Å². The molecule has 0 saturated heterocycles. The normalized spacial score (nSPS) is 41.1. The SMILES string of the molecule is COC(=O)C1(C)CC2CCC1CC2=O. The van der Waals surface area contributed by atoms with Crippen molar-refractivity contribution in [1.82, 2.24) is 0 Å². The maximum absolute atomic E-state index is 11.7. The molecule has 0 heterocycles.